The van der Waals surface area contributed by atoms with Crippen LogP contribution in [0.25, 0.3) is 11.1 Å². The van der Waals surface area contributed by atoms with Crippen LogP contribution in [0.5, 0.6) is 0 Å². The number of imide groups is 2. The Labute approximate surface area is 376 Å². The molecule has 346 valence electrons. The summed E-state index contributed by atoms with van der Waals surface area (Å²) in [4.78, 5) is 71.5. The number of nitrogens with one attached hydrogen (secondary N) is 2. The van der Waals surface area contributed by atoms with E-state index in [-0.39, 0.29) is 30.4 Å². The number of halogens is 2. The second-order valence-electron chi connectivity index (χ2n) is 18.6. The Hall–Kier alpha value is -5.75. The van der Waals surface area contributed by atoms with Gasteiger partial charge < -0.3 is 20.2 Å². The van der Waals surface area contributed by atoms with E-state index in [9.17, 15) is 37.9 Å². The van der Waals surface area contributed by atoms with Gasteiger partial charge in [0.15, 0.2) is 5.82 Å². The van der Waals surface area contributed by atoms with Gasteiger partial charge in [-0.3, -0.25) is 48.5 Å². The standard InChI is InChI=1S/C47H58F2N10O6/c1-28(60)56-21-16-37-35(27-56)43(57-18-7-8-29-22-33(30-25-51-54(3)26-30)34(42(48)49)23-39(29)57)53-59(37)32-14-19-55(20-15-32)41(62)9-5-4-6-17-50-31-10-11-36-45(64)58(46(65)47(36,2)24-31)38-12-13-40(61)52-44(38)63/h10-11,22-26,28,32,36,38,42,50,60H,4-9,12-21,27H2,1-3H3,(H,52,61,63). The lowest BCUT2D eigenvalue weighted by atomic mass is 9.75. The maximum atomic E-state index is 14.7. The molecular formula is C47H58F2N10O6. The number of hydrogen-bond acceptors (Lipinski definition) is 11. The zero-order chi connectivity index (χ0) is 45.7. The first-order valence-electron chi connectivity index (χ1n) is 23.1. The van der Waals surface area contributed by atoms with Gasteiger partial charge in [-0.05, 0) is 94.2 Å². The van der Waals surface area contributed by atoms with Crippen LogP contribution in [0.1, 0.15) is 106 Å². The number of allylic oxidation sites excluding steroid dienone is 1. The van der Waals surface area contributed by atoms with Crippen molar-refractivity contribution in [1.82, 2.24) is 44.9 Å². The number of piperidine rings is 2. The van der Waals surface area contributed by atoms with Gasteiger partial charge in [-0.25, -0.2) is 8.78 Å². The van der Waals surface area contributed by atoms with Gasteiger partial charge in [0.05, 0.1) is 23.6 Å². The molecule has 3 saturated heterocycles. The summed E-state index contributed by atoms with van der Waals surface area (Å²) in [5, 5.41) is 25.7. The fourth-order valence-electron chi connectivity index (χ4n) is 10.7. The number of rotatable bonds is 13. The molecule has 5 aliphatic heterocycles. The summed E-state index contributed by atoms with van der Waals surface area (Å²) in [6.45, 7) is 7.10. The molecule has 9 rings (SSSR count). The number of carbonyl (C=O) groups is 5. The first kappa shape index (κ1) is 44.5. The van der Waals surface area contributed by atoms with Gasteiger partial charge in [-0.1, -0.05) is 12.5 Å². The van der Waals surface area contributed by atoms with Gasteiger partial charge in [0, 0.05) is 106 Å². The van der Waals surface area contributed by atoms with Crippen LogP contribution in [-0.4, -0.2) is 114 Å². The van der Waals surface area contributed by atoms with Crippen molar-refractivity contribution in [2.45, 2.75) is 116 Å². The first-order chi connectivity index (χ1) is 31.2. The highest BCUT2D eigenvalue weighted by Gasteiger charge is 2.58. The predicted octanol–water partition coefficient (Wildman–Crippen LogP) is 4.57. The third-order valence-corrected chi connectivity index (χ3v) is 14.3. The fraction of sp³-hybridized carbons (Fsp3) is 0.553. The van der Waals surface area contributed by atoms with E-state index in [0.717, 1.165) is 83.9 Å². The molecule has 65 heavy (non-hydrogen) atoms. The molecule has 6 aliphatic rings. The lowest BCUT2D eigenvalue weighted by Crippen LogP contribution is -2.54. The van der Waals surface area contributed by atoms with Crippen LogP contribution in [0.4, 0.5) is 20.3 Å². The van der Waals surface area contributed by atoms with Crippen molar-refractivity contribution in [3.8, 4) is 11.1 Å². The number of fused-ring (bicyclic) bond motifs is 3. The molecule has 18 heteroatoms. The van der Waals surface area contributed by atoms with Gasteiger partial charge >= 0.3 is 0 Å². The topological polar surface area (TPSA) is 178 Å². The second kappa shape index (κ2) is 17.9. The fourth-order valence-corrected chi connectivity index (χ4v) is 10.7. The Bertz CT molecular complexity index is 2450. The number of aryl methyl sites for hydroxylation is 2. The number of anilines is 2. The number of hydrogen-bond donors (Lipinski definition) is 3. The maximum Gasteiger partial charge on any atom is 0.264 e. The molecule has 0 saturated carbocycles. The molecule has 0 bridgehead atoms. The molecular weight excluding hydrogens is 839 g/mol. The van der Waals surface area contributed by atoms with E-state index in [1.807, 2.05) is 15.9 Å². The minimum absolute atomic E-state index is 0.0385. The predicted molar refractivity (Wildman–Crippen MR) is 235 cm³/mol. The summed E-state index contributed by atoms with van der Waals surface area (Å²) in [6, 6.07) is 2.60. The highest BCUT2D eigenvalue weighted by Crippen LogP contribution is 2.46. The SMILES string of the molecule is CC(O)N1CCc2c(c(N3CCCc4cc(-c5cnn(C)c5)c(C(F)F)cc43)nn2C2CCN(C(=O)CCCCCNC3=CC4(C)C(=O)N(C5CCC(=O)NC5=O)C(=O)C4C=C3)CC2)C1. The number of carbonyl (C=O) groups excluding carboxylic acids is 5. The molecule has 3 N–H and O–H groups in total. The van der Waals surface area contributed by atoms with E-state index in [2.05, 4.69) is 25.3 Å². The zero-order valence-electron chi connectivity index (χ0n) is 37.3. The lowest BCUT2D eigenvalue weighted by molar-refractivity contribution is -0.151. The Morgan fingerprint density at radius 2 is 1.83 bits per heavy atom. The highest BCUT2D eigenvalue weighted by molar-refractivity contribution is 6.13. The van der Waals surface area contributed by atoms with Crippen LogP contribution in [0, 0.1) is 11.3 Å². The van der Waals surface area contributed by atoms with E-state index in [4.69, 9.17) is 5.10 Å². The maximum absolute atomic E-state index is 14.7. The summed E-state index contributed by atoms with van der Waals surface area (Å²) in [7, 11) is 1.77. The molecule has 0 spiro atoms. The molecule has 1 aromatic carbocycles. The van der Waals surface area contributed by atoms with Gasteiger partial charge in [0.25, 0.3) is 6.43 Å². The minimum Gasteiger partial charge on any atom is -0.385 e. The Balaban J connectivity index is 0.798. The van der Waals surface area contributed by atoms with Crippen molar-refractivity contribution in [3.63, 3.8) is 0 Å². The van der Waals surface area contributed by atoms with Crippen LogP contribution in [0.3, 0.4) is 0 Å². The summed E-state index contributed by atoms with van der Waals surface area (Å²) >= 11 is 0. The van der Waals surface area contributed by atoms with Crippen LogP contribution in [0.2, 0.25) is 0 Å². The lowest BCUT2D eigenvalue weighted by Gasteiger charge is -2.35. The van der Waals surface area contributed by atoms with Crippen molar-refractivity contribution in [1.29, 1.82) is 0 Å². The van der Waals surface area contributed by atoms with E-state index < -0.39 is 53.7 Å². The minimum atomic E-state index is -2.68. The van der Waals surface area contributed by atoms with E-state index in [1.54, 1.807) is 62.3 Å². The van der Waals surface area contributed by atoms with Crippen LogP contribution >= 0.6 is 0 Å². The monoisotopic (exact) mass is 896 g/mol. The van der Waals surface area contributed by atoms with Gasteiger partial charge in [-0.15, -0.1) is 0 Å². The van der Waals surface area contributed by atoms with E-state index >= 15 is 0 Å². The molecule has 4 atom stereocenters. The number of alkyl halides is 2. The highest BCUT2D eigenvalue weighted by atomic mass is 19.3. The van der Waals surface area contributed by atoms with Crippen LogP contribution < -0.4 is 15.5 Å². The van der Waals surface area contributed by atoms with E-state index in [1.165, 1.54) is 0 Å². The number of aliphatic hydroxyl groups excluding tert-OH is 1. The number of aliphatic hydroxyl groups is 1. The van der Waals surface area contributed by atoms with Crippen molar-refractivity contribution in [3.05, 3.63) is 70.8 Å². The van der Waals surface area contributed by atoms with Crippen molar-refractivity contribution in [2.75, 3.05) is 37.6 Å². The van der Waals surface area contributed by atoms with E-state index in [0.29, 0.717) is 63.2 Å². The number of amides is 5. The van der Waals surface area contributed by atoms with Crippen molar-refractivity contribution < 1.29 is 37.9 Å². The second-order valence-corrected chi connectivity index (χ2v) is 18.6. The molecule has 3 aromatic rings. The summed E-state index contributed by atoms with van der Waals surface area (Å²) in [6.07, 6.45) is 12.1. The Kier molecular flexibility index (Phi) is 12.2. The molecule has 0 radical (unpaired) electrons. The van der Waals surface area contributed by atoms with Crippen molar-refractivity contribution in [2.24, 2.45) is 18.4 Å². The summed E-state index contributed by atoms with van der Waals surface area (Å²) < 4.78 is 33.2. The van der Waals surface area contributed by atoms with Gasteiger partial charge in [0.1, 0.15) is 12.3 Å². The molecule has 1 aliphatic carbocycles. The third-order valence-electron chi connectivity index (χ3n) is 14.3. The van der Waals surface area contributed by atoms with Gasteiger partial charge in [-0.2, -0.15) is 10.2 Å². The van der Waals surface area contributed by atoms with Crippen molar-refractivity contribution >= 4 is 41.0 Å². The average molecular weight is 897 g/mol. The normalized spacial score (nSPS) is 24.3. The molecule has 4 unspecified atom stereocenters. The summed E-state index contributed by atoms with van der Waals surface area (Å²) in [5.41, 5.74) is 4.54. The number of unbranched alkanes of at least 4 members (excludes halogenated alkanes) is 2. The Morgan fingerprint density at radius 3 is 2.55 bits per heavy atom. The average Bonchev–Trinajstić information content (AvgIpc) is 3.95. The molecule has 3 fully saturated rings. The molecule has 2 aromatic heterocycles. The molecule has 16 nitrogen and oxygen atoms in total. The molecule has 5 amide bonds. The zero-order valence-corrected chi connectivity index (χ0v) is 37.3. The largest absolute Gasteiger partial charge is 0.385 e. The van der Waals surface area contributed by atoms with Crippen LogP contribution in [-0.2, 0) is 50.4 Å². The summed E-state index contributed by atoms with van der Waals surface area (Å²) in [5.74, 6) is -1.76. The number of benzene rings is 1. The van der Waals surface area contributed by atoms with Gasteiger partial charge in [0.2, 0.25) is 29.5 Å². The number of aromatic nitrogens is 4. The Morgan fingerprint density at radius 1 is 1.03 bits per heavy atom. The number of nitrogens with zero attached hydrogens (tertiary/aromatic N) is 8. The van der Waals surface area contributed by atoms with Crippen LogP contribution in [0.15, 0.2) is 48.5 Å². The quantitative estimate of drug-likeness (QED) is 0.162. The number of likely N-dealkylation sites (tertiary alicyclic amines) is 2. The first-order valence-corrected chi connectivity index (χ1v) is 23.1. The molecule has 7 heterocycles. The smallest absolute Gasteiger partial charge is 0.264 e. The third kappa shape index (κ3) is 8.39.